The van der Waals surface area contributed by atoms with Crippen molar-refractivity contribution in [2.75, 3.05) is 13.1 Å². The highest BCUT2D eigenvalue weighted by Crippen LogP contribution is 2.24. The smallest absolute Gasteiger partial charge is 0.407 e. The van der Waals surface area contributed by atoms with Gasteiger partial charge in [-0.25, -0.2) is 4.79 Å². The van der Waals surface area contributed by atoms with E-state index in [1.165, 1.54) is 12.8 Å². The minimum Gasteiger partial charge on any atom is -0.481 e. The number of carbonyl (C=O) groups is 2. The highest BCUT2D eigenvalue weighted by Gasteiger charge is 2.25. The van der Waals surface area contributed by atoms with Gasteiger partial charge in [0.2, 0.25) is 0 Å². The average Bonchev–Trinajstić information content (AvgIpc) is 2.40. The molecule has 128 valence electrons. The molecule has 0 spiro atoms. The predicted molar refractivity (Wildman–Crippen MR) is 84.9 cm³/mol. The minimum atomic E-state index is -0.756. The van der Waals surface area contributed by atoms with Gasteiger partial charge in [-0.1, -0.05) is 12.8 Å². The van der Waals surface area contributed by atoms with Crippen LogP contribution in [0.25, 0.3) is 0 Å². The zero-order valence-electron chi connectivity index (χ0n) is 14.0. The standard InChI is InChI=1S/C16H30N2O4/c1-16(2,3)22-15(21)18-11-12-7-4-5-8-13(12)17-10-6-9-14(19)20/h12-13,17H,4-11H2,1-3H3,(H,18,21)(H,19,20). The minimum absolute atomic E-state index is 0.195. The van der Waals surface area contributed by atoms with Gasteiger partial charge in [-0.3, -0.25) is 4.79 Å². The molecule has 2 atom stereocenters. The van der Waals surface area contributed by atoms with Crippen molar-refractivity contribution in [3.05, 3.63) is 0 Å². The van der Waals surface area contributed by atoms with Gasteiger partial charge in [-0.2, -0.15) is 0 Å². The molecule has 3 N–H and O–H groups in total. The SMILES string of the molecule is CC(C)(C)OC(=O)NCC1CCCCC1NCCCC(=O)O. The topological polar surface area (TPSA) is 87.7 Å². The average molecular weight is 314 g/mol. The van der Waals surface area contributed by atoms with Crippen molar-refractivity contribution >= 4 is 12.1 Å². The maximum Gasteiger partial charge on any atom is 0.407 e. The lowest BCUT2D eigenvalue weighted by molar-refractivity contribution is -0.137. The van der Waals surface area contributed by atoms with Gasteiger partial charge >= 0.3 is 12.1 Å². The number of rotatable bonds is 7. The number of carboxylic acids is 1. The molecule has 0 radical (unpaired) electrons. The number of aliphatic carboxylic acids is 1. The summed E-state index contributed by atoms with van der Waals surface area (Å²) in [6.07, 6.45) is 4.97. The van der Waals surface area contributed by atoms with Crippen LogP contribution in [0.1, 0.15) is 59.3 Å². The Morgan fingerprint density at radius 3 is 2.55 bits per heavy atom. The van der Waals surface area contributed by atoms with E-state index < -0.39 is 11.6 Å². The van der Waals surface area contributed by atoms with Crippen molar-refractivity contribution in [3.8, 4) is 0 Å². The molecule has 1 amide bonds. The molecule has 0 heterocycles. The molecule has 22 heavy (non-hydrogen) atoms. The number of ether oxygens (including phenoxy) is 1. The van der Waals surface area contributed by atoms with Crippen LogP contribution < -0.4 is 10.6 Å². The third-order valence-electron chi connectivity index (χ3n) is 3.79. The Kier molecular flexibility index (Phi) is 7.65. The number of hydrogen-bond donors (Lipinski definition) is 3. The van der Waals surface area contributed by atoms with Gasteiger partial charge in [0.15, 0.2) is 0 Å². The third-order valence-corrected chi connectivity index (χ3v) is 3.79. The fourth-order valence-electron chi connectivity index (χ4n) is 2.78. The molecule has 0 saturated heterocycles. The normalized spacial score (nSPS) is 22.1. The molecular weight excluding hydrogens is 284 g/mol. The molecule has 0 aliphatic heterocycles. The van der Waals surface area contributed by atoms with E-state index in [1.807, 2.05) is 20.8 Å². The molecule has 1 saturated carbocycles. The van der Waals surface area contributed by atoms with Gasteiger partial charge in [0.1, 0.15) is 5.60 Å². The number of carboxylic acid groups (broad SMARTS) is 1. The number of alkyl carbamates (subject to hydrolysis) is 1. The first-order valence-corrected chi connectivity index (χ1v) is 8.20. The Morgan fingerprint density at radius 1 is 1.23 bits per heavy atom. The summed E-state index contributed by atoms with van der Waals surface area (Å²) in [5.74, 6) is -0.375. The lowest BCUT2D eigenvalue weighted by atomic mass is 9.84. The van der Waals surface area contributed by atoms with Crippen LogP contribution in [0.3, 0.4) is 0 Å². The predicted octanol–water partition coefficient (Wildman–Crippen LogP) is 2.52. The first kappa shape index (κ1) is 18.7. The number of amides is 1. The highest BCUT2D eigenvalue weighted by molar-refractivity contribution is 5.67. The molecule has 0 aromatic rings. The van der Waals surface area contributed by atoms with Crippen molar-refractivity contribution in [1.82, 2.24) is 10.6 Å². The zero-order valence-corrected chi connectivity index (χ0v) is 14.0. The molecule has 1 aliphatic rings. The van der Waals surface area contributed by atoms with Crippen LogP contribution in [0.5, 0.6) is 0 Å². The van der Waals surface area contributed by atoms with Crippen LogP contribution in [0.2, 0.25) is 0 Å². The second-order valence-corrected chi connectivity index (χ2v) is 6.99. The maximum absolute atomic E-state index is 11.7. The molecular formula is C16H30N2O4. The van der Waals surface area contributed by atoms with Crippen LogP contribution in [0.15, 0.2) is 0 Å². The first-order valence-electron chi connectivity index (χ1n) is 8.20. The van der Waals surface area contributed by atoms with Crippen molar-refractivity contribution in [2.24, 2.45) is 5.92 Å². The molecule has 1 fully saturated rings. The summed E-state index contributed by atoms with van der Waals surface area (Å²) in [6.45, 7) is 6.85. The maximum atomic E-state index is 11.7. The van der Waals surface area contributed by atoms with E-state index in [2.05, 4.69) is 10.6 Å². The van der Waals surface area contributed by atoms with Crippen molar-refractivity contribution in [2.45, 2.75) is 70.9 Å². The summed E-state index contributed by atoms with van der Waals surface area (Å²) in [5, 5.41) is 14.9. The van der Waals surface area contributed by atoms with Gasteiger partial charge in [0.05, 0.1) is 0 Å². The largest absolute Gasteiger partial charge is 0.481 e. The lowest BCUT2D eigenvalue weighted by Crippen LogP contribution is -2.45. The molecule has 0 aromatic heterocycles. The zero-order chi connectivity index (χ0) is 16.6. The molecule has 6 heteroatoms. The van der Waals surface area contributed by atoms with E-state index in [-0.39, 0.29) is 12.5 Å². The molecule has 1 aliphatic carbocycles. The second kappa shape index (κ2) is 8.98. The Bertz CT molecular complexity index is 366. The molecule has 0 bridgehead atoms. The van der Waals surface area contributed by atoms with Gasteiger partial charge in [0.25, 0.3) is 0 Å². The van der Waals surface area contributed by atoms with Crippen molar-refractivity contribution in [3.63, 3.8) is 0 Å². The highest BCUT2D eigenvalue weighted by atomic mass is 16.6. The fourth-order valence-corrected chi connectivity index (χ4v) is 2.78. The van der Waals surface area contributed by atoms with E-state index >= 15 is 0 Å². The summed E-state index contributed by atoms with van der Waals surface area (Å²) in [4.78, 5) is 22.2. The number of carbonyl (C=O) groups excluding carboxylic acids is 1. The van der Waals surface area contributed by atoms with Crippen LogP contribution in [0, 0.1) is 5.92 Å². The van der Waals surface area contributed by atoms with Gasteiger partial charge in [-0.15, -0.1) is 0 Å². The Balaban J connectivity index is 2.32. The Morgan fingerprint density at radius 2 is 1.91 bits per heavy atom. The van der Waals surface area contributed by atoms with E-state index in [9.17, 15) is 9.59 Å². The summed E-state index contributed by atoms with van der Waals surface area (Å²) >= 11 is 0. The van der Waals surface area contributed by atoms with Crippen LogP contribution in [-0.4, -0.2) is 41.9 Å². The van der Waals surface area contributed by atoms with E-state index in [1.54, 1.807) is 0 Å². The van der Waals surface area contributed by atoms with Gasteiger partial charge in [0, 0.05) is 19.0 Å². The van der Waals surface area contributed by atoms with E-state index in [0.29, 0.717) is 31.5 Å². The van der Waals surface area contributed by atoms with E-state index in [4.69, 9.17) is 9.84 Å². The fraction of sp³-hybridized carbons (Fsp3) is 0.875. The summed E-state index contributed by atoms with van der Waals surface area (Å²) in [5.41, 5.74) is -0.481. The molecule has 2 unspecified atom stereocenters. The molecule has 0 aromatic carbocycles. The lowest BCUT2D eigenvalue weighted by Gasteiger charge is -2.32. The van der Waals surface area contributed by atoms with Crippen LogP contribution in [0.4, 0.5) is 4.79 Å². The quantitative estimate of drug-likeness (QED) is 0.629. The summed E-state index contributed by atoms with van der Waals surface area (Å²) in [6, 6.07) is 0.345. The van der Waals surface area contributed by atoms with Crippen molar-refractivity contribution < 1.29 is 19.4 Å². The van der Waals surface area contributed by atoms with Gasteiger partial charge < -0.3 is 20.5 Å². The monoisotopic (exact) mass is 314 g/mol. The van der Waals surface area contributed by atoms with Gasteiger partial charge in [-0.05, 0) is 52.5 Å². The summed E-state index contributed by atoms with van der Waals surface area (Å²) < 4.78 is 5.25. The van der Waals surface area contributed by atoms with E-state index in [0.717, 1.165) is 12.8 Å². The third kappa shape index (κ3) is 8.22. The second-order valence-electron chi connectivity index (χ2n) is 6.99. The Hall–Kier alpha value is -1.30. The summed E-state index contributed by atoms with van der Waals surface area (Å²) in [7, 11) is 0. The molecule has 1 rings (SSSR count). The number of hydrogen-bond acceptors (Lipinski definition) is 4. The van der Waals surface area contributed by atoms with Crippen molar-refractivity contribution in [1.29, 1.82) is 0 Å². The molecule has 6 nitrogen and oxygen atoms in total. The van der Waals surface area contributed by atoms with Crippen LogP contribution in [-0.2, 0) is 9.53 Å². The Labute approximate surface area is 133 Å². The number of nitrogens with one attached hydrogen (secondary N) is 2. The first-order chi connectivity index (χ1) is 10.3. The van der Waals surface area contributed by atoms with Crippen LogP contribution >= 0.6 is 0 Å².